The largest absolute Gasteiger partial charge is 0.481 e. The molecule has 0 radical (unpaired) electrons. The minimum atomic E-state index is -5.12. The molecule has 0 bridgehead atoms. The molecule has 1 heterocycles. The topological polar surface area (TPSA) is 109 Å². The van der Waals surface area contributed by atoms with E-state index < -0.39 is 53.2 Å². The third-order valence-electron chi connectivity index (χ3n) is 3.90. The molecule has 0 saturated carbocycles. The van der Waals surface area contributed by atoms with Crippen LogP contribution in [0.2, 0.25) is 0 Å². The van der Waals surface area contributed by atoms with Crippen molar-refractivity contribution in [2.24, 2.45) is 11.8 Å². The summed E-state index contributed by atoms with van der Waals surface area (Å²) >= 11 is 0. The number of aliphatic carboxylic acids is 1. The minimum absolute atomic E-state index is 0.137. The molecule has 7 nitrogen and oxygen atoms in total. The van der Waals surface area contributed by atoms with Crippen molar-refractivity contribution in [3.8, 4) is 0 Å². The summed E-state index contributed by atoms with van der Waals surface area (Å²) in [6.45, 7) is 1.07. The number of nitrogens with zero attached hydrogens (tertiary/aromatic N) is 1. The molecule has 1 aromatic rings. The van der Waals surface area contributed by atoms with Gasteiger partial charge in [0.05, 0.1) is 10.8 Å². The second kappa shape index (κ2) is 6.37. The maximum atomic E-state index is 12.8. The predicted octanol–water partition coefficient (Wildman–Crippen LogP) is 1.02. The molecular formula is C13H15F2NO6S2. The van der Waals surface area contributed by atoms with E-state index >= 15 is 0 Å². The van der Waals surface area contributed by atoms with E-state index in [4.69, 9.17) is 5.11 Å². The van der Waals surface area contributed by atoms with Crippen LogP contribution in [0.4, 0.5) is 8.78 Å². The fraction of sp³-hybridized carbons (Fsp3) is 0.462. The van der Waals surface area contributed by atoms with Crippen molar-refractivity contribution < 1.29 is 35.5 Å². The Hall–Kier alpha value is -1.59. The number of carboxylic acids is 1. The first-order valence-electron chi connectivity index (χ1n) is 6.83. The first-order valence-corrected chi connectivity index (χ1v) is 9.82. The number of hydrogen-bond donors (Lipinski definition) is 1. The average molecular weight is 383 g/mol. The lowest BCUT2D eigenvalue weighted by atomic mass is 9.99. The number of hydrogen-bond acceptors (Lipinski definition) is 5. The van der Waals surface area contributed by atoms with E-state index in [-0.39, 0.29) is 13.1 Å². The summed E-state index contributed by atoms with van der Waals surface area (Å²) in [6, 6.07) is 4.07. The van der Waals surface area contributed by atoms with Gasteiger partial charge in [0.15, 0.2) is 0 Å². The quantitative estimate of drug-likeness (QED) is 0.813. The highest BCUT2D eigenvalue weighted by atomic mass is 32.2. The van der Waals surface area contributed by atoms with Crippen LogP contribution < -0.4 is 0 Å². The van der Waals surface area contributed by atoms with E-state index in [1.165, 1.54) is 6.07 Å². The first kappa shape index (κ1) is 18.7. The molecule has 1 aromatic carbocycles. The van der Waals surface area contributed by atoms with Crippen LogP contribution in [0.1, 0.15) is 6.92 Å². The number of benzene rings is 1. The van der Waals surface area contributed by atoms with Crippen LogP contribution in [0.25, 0.3) is 0 Å². The van der Waals surface area contributed by atoms with E-state index in [0.717, 1.165) is 22.5 Å². The average Bonchev–Trinajstić information content (AvgIpc) is 2.90. The molecule has 2 rings (SSSR count). The van der Waals surface area contributed by atoms with Gasteiger partial charge in [0.25, 0.3) is 0 Å². The minimum Gasteiger partial charge on any atom is -0.481 e. The summed E-state index contributed by atoms with van der Waals surface area (Å²) < 4.78 is 75.2. The monoisotopic (exact) mass is 383 g/mol. The van der Waals surface area contributed by atoms with Gasteiger partial charge in [-0.25, -0.2) is 16.8 Å². The van der Waals surface area contributed by atoms with Crippen LogP contribution in [0.5, 0.6) is 0 Å². The van der Waals surface area contributed by atoms with Gasteiger partial charge in [0.2, 0.25) is 19.9 Å². The van der Waals surface area contributed by atoms with Crippen LogP contribution in [-0.4, -0.2) is 51.1 Å². The summed E-state index contributed by atoms with van der Waals surface area (Å²) in [5.41, 5.74) is 0. The lowest BCUT2D eigenvalue weighted by molar-refractivity contribution is -0.142. The Morgan fingerprint density at radius 2 is 1.71 bits per heavy atom. The number of sulfonamides is 1. The Balaban J connectivity index is 2.51. The summed E-state index contributed by atoms with van der Waals surface area (Å²) in [5, 5.41) is 9.08. The zero-order chi connectivity index (χ0) is 18.3. The normalized spacial score (nSPS) is 22.8. The van der Waals surface area contributed by atoms with Crippen molar-refractivity contribution in [1.82, 2.24) is 4.31 Å². The van der Waals surface area contributed by atoms with Crippen molar-refractivity contribution in [3.05, 3.63) is 24.3 Å². The van der Waals surface area contributed by atoms with E-state index in [1.807, 2.05) is 0 Å². The standard InChI is InChI=1S/C13H15F2NO6S2/c1-8-6-16(7-9(8)12(17)18)24(21,22)11-5-3-2-4-10(11)23(19,20)13(14)15/h2-5,8-9,13H,6-7H2,1H3,(H,17,18)/t8-,9-/m1/s1. The van der Waals surface area contributed by atoms with Crippen LogP contribution in [0.15, 0.2) is 34.1 Å². The second-order valence-electron chi connectivity index (χ2n) is 5.50. The molecule has 134 valence electrons. The molecule has 0 aliphatic carbocycles. The van der Waals surface area contributed by atoms with Crippen molar-refractivity contribution in [3.63, 3.8) is 0 Å². The molecule has 0 amide bonds. The molecular weight excluding hydrogens is 368 g/mol. The lowest BCUT2D eigenvalue weighted by Gasteiger charge is -2.18. The van der Waals surface area contributed by atoms with Crippen LogP contribution >= 0.6 is 0 Å². The Labute approximate surface area is 137 Å². The smallest absolute Gasteiger partial charge is 0.341 e. The van der Waals surface area contributed by atoms with Crippen LogP contribution in [-0.2, 0) is 24.7 Å². The predicted molar refractivity (Wildman–Crippen MR) is 78.7 cm³/mol. The molecule has 1 aliphatic heterocycles. The van der Waals surface area contributed by atoms with Gasteiger partial charge in [0, 0.05) is 13.1 Å². The second-order valence-corrected chi connectivity index (χ2v) is 9.29. The fourth-order valence-electron chi connectivity index (χ4n) is 2.57. The Morgan fingerprint density at radius 3 is 2.17 bits per heavy atom. The fourth-order valence-corrected chi connectivity index (χ4v) is 5.69. The molecule has 0 spiro atoms. The summed E-state index contributed by atoms with van der Waals surface area (Å²) in [7, 11) is -9.55. The van der Waals surface area contributed by atoms with Gasteiger partial charge in [-0.15, -0.1) is 0 Å². The molecule has 2 atom stereocenters. The number of carbonyl (C=O) groups is 1. The van der Waals surface area contributed by atoms with Gasteiger partial charge >= 0.3 is 11.7 Å². The first-order chi connectivity index (χ1) is 11.0. The Morgan fingerprint density at radius 1 is 1.17 bits per heavy atom. The van der Waals surface area contributed by atoms with Gasteiger partial charge in [-0.3, -0.25) is 4.79 Å². The SMILES string of the molecule is C[C@@H]1CN(S(=O)(=O)c2ccccc2S(=O)(=O)C(F)F)C[C@H]1C(=O)O. The highest BCUT2D eigenvalue weighted by Crippen LogP contribution is 2.32. The number of halogens is 2. The van der Waals surface area contributed by atoms with Gasteiger partial charge in [-0.2, -0.15) is 13.1 Å². The van der Waals surface area contributed by atoms with E-state index in [1.54, 1.807) is 6.92 Å². The molecule has 24 heavy (non-hydrogen) atoms. The molecule has 1 fully saturated rings. The molecule has 1 N–H and O–H groups in total. The maximum Gasteiger partial charge on any atom is 0.341 e. The number of carboxylic acid groups (broad SMARTS) is 1. The van der Waals surface area contributed by atoms with Gasteiger partial charge in [0.1, 0.15) is 4.90 Å². The van der Waals surface area contributed by atoms with Crippen LogP contribution in [0, 0.1) is 11.8 Å². The van der Waals surface area contributed by atoms with Crippen molar-refractivity contribution in [2.75, 3.05) is 13.1 Å². The number of rotatable bonds is 5. The zero-order valence-electron chi connectivity index (χ0n) is 12.5. The summed E-state index contributed by atoms with van der Waals surface area (Å²) in [5.74, 6) is -6.37. The third-order valence-corrected chi connectivity index (χ3v) is 7.36. The molecule has 0 unspecified atom stereocenters. The molecule has 11 heteroatoms. The summed E-state index contributed by atoms with van der Waals surface area (Å²) in [4.78, 5) is 9.35. The summed E-state index contributed by atoms with van der Waals surface area (Å²) in [6.07, 6.45) is 0. The highest BCUT2D eigenvalue weighted by molar-refractivity contribution is 7.93. The number of alkyl halides is 2. The highest BCUT2D eigenvalue weighted by Gasteiger charge is 2.43. The van der Waals surface area contributed by atoms with Gasteiger partial charge in [-0.1, -0.05) is 19.1 Å². The van der Waals surface area contributed by atoms with E-state index in [9.17, 15) is 30.4 Å². The Kier molecular flexibility index (Phi) is 4.98. The molecule has 1 saturated heterocycles. The van der Waals surface area contributed by atoms with E-state index in [0.29, 0.717) is 0 Å². The molecule has 1 aliphatic rings. The van der Waals surface area contributed by atoms with Crippen molar-refractivity contribution in [1.29, 1.82) is 0 Å². The van der Waals surface area contributed by atoms with Crippen molar-refractivity contribution >= 4 is 25.8 Å². The van der Waals surface area contributed by atoms with Crippen molar-refractivity contribution in [2.45, 2.75) is 22.5 Å². The number of sulfone groups is 1. The Bertz CT molecular complexity index is 853. The lowest BCUT2D eigenvalue weighted by Crippen LogP contribution is -2.31. The zero-order valence-corrected chi connectivity index (χ0v) is 14.1. The third kappa shape index (κ3) is 3.15. The maximum absolute atomic E-state index is 12.8. The van der Waals surface area contributed by atoms with E-state index in [2.05, 4.69) is 0 Å². The van der Waals surface area contributed by atoms with Gasteiger partial charge < -0.3 is 5.11 Å². The molecule has 0 aromatic heterocycles. The van der Waals surface area contributed by atoms with Crippen LogP contribution in [0.3, 0.4) is 0 Å². The van der Waals surface area contributed by atoms with Gasteiger partial charge in [-0.05, 0) is 18.1 Å².